The largest absolute Gasteiger partial charge is 0.483 e. The van der Waals surface area contributed by atoms with Crippen LogP contribution in [0, 0.1) is 23.0 Å². The third-order valence-electron chi connectivity index (χ3n) is 3.80. The fourth-order valence-corrected chi connectivity index (χ4v) is 2.72. The highest BCUT2D eigenvalue weighted by Crippen LogP contribution is 2.34. The smallest absolute Gasteiger partial charge is 0.313 e. The summed E-state index contributed by atoms with van der Waals surface area (Å²) < 4.78 is 5.91. The van der Waals surface area contributed by atoms with Crippen LogP contribution in [0.15, 0.2) is 18.2 Å². The molecule has 5 nitrogen and oxygen atoms in total. The van der Waals surface area contributed by atoms with Gasteiger partial charge < -0.3 is 10.5 Å². The highest BCUT2D eigenvalue weighted by atomic mass is 16.6. The molecule has 0 aliphatic heterocycles. The predicted molar refractivity (Wildman–Crippen MR) is 73.3 cm³/mol. The molecule has 0 radical (unpaired) electrons. The van der Waals surface area contributed by atoms with Crippen molar-refractivity contribution in [1.29, 1.82) is 0 Å². The molecule has 0 spiro atoms. The molecule has 0 bridgehead atoms. The van der Waals surface area contributed by atoms with Crippen LogP contribution in [0.5, 0.6) is 5.75 Å². The Labute approximate surface area is 112 Å². The second kappa shape index (κ2) is 6.02. The van der Waals surface area contributed by atoms with Gasteiger partial charge >= 0.3 is 5.69 Å². The van der Waals surface area contributed by atoms with Crippen molar-refractivity contribution in [3.05, 3.63) is 33.9 Å². The SMILES string of the molecule is Cc1cccc(OC2CCCCC2CN)c1[N+](=O)[O-]. The summed E-state index contributed by atoms with van der Waals surface area (Å²) in [5.41, 5.74) is 6.46. The van der Waals surface area contributed by atoms with Crippen LogP contribution in [-0.2, 0) is 0 Å². The van der Waals surface area contributed by atoms with Crippen molar-refractivity contribution in [1.82, 2.24) is 0 Å². The van der Waals surface area contributed by atoms with E-state index in [-0.39, 0.29) is 16.7 Å². The molecule has 2 atom stereocenters. The molecular weight excluding hydrogens is 244 g/mol. The Morgan fingerprint density at radius 2 is 2.16 bits per heavy atom. The zero-order valence-corrected chi connectivity index (χ0v) is 11.2. The van der Waals surface area contributed by atoms with E-state index in [0.29, 0.717) is 23.8 Å². The number of nitrogens with two attached hydrogens (primary N) is 1. The van der Waals surface area contributed by atoms with Crippen LogP contribution in [0.2, 0.25) is 0 Å². The number of hydrogen-bond donors (Lipinski definition) is 1. The average molecular weight is 264 g/mol. The molecule has 0 amide bonds. The molecule has 5 heteroatoms. The van der Waals surface area contributed by atoms with Gasteiger partial charge in [-0.2, -0.15) is 0 Å². The number of nitro benzene ring substituents is 1. The molecule has 19 heavy (non-hydrogen) atoms. The number of rotatable bonds is 4. The third-order valence-corrected chi connectivity index (χ3v) is 3.80. The maximum atomic E-state index is 11.1. The van der Waals surface area contributed by atoms with Gasteiger partial charge in [0.2, 0.25) is 0 Å². The monoisotopic (exact) mass is 264 g/mol. The highest BCUT2D eigenvalue weighted by molar-refractivity contribution is 5.52. The first-order valence-corrected chi connectivity index (χ1v) is 6.74. The summed E-state index contributed by atoms with van der Waals surface area (Å²) in [7, 11) is 0. The lowest BCUT2D eigenvalue weighted by Gasteiger charge is -2.30. The quantitative estimate of drug-likeness (QED) is 0.670. The van der Waals surface area contributed by atoms with Crippen LogP contribution < -0.4 is 10.5 Å². The summed E-state index contributed by atoms with van der Waals surface area (Å²) in [5, 5.41) is 11.1. The minimum atomic E-state index is -0.370. The maximum Gasteiger partial charge on any atom is 0.313 e. The van der Waals surface area contributed by atoms with Crippen LogP contribution in [0.1, 0.15) is 31.2 Å². The van der Waals surface area contributed by atoms with Crippen molar-refractivity contribution in [3.8, 4) is 5.75 Å². The molecule has 0 saturated heterocycles. The van der Waals surface area contributed by atoms with Gasteiger partial charge in [0, 0.05) is 11.5 Å². The zero-order chi connectivity index (χ0) is 13.8. The predicted octanol–water partition coefficient (Wildman–Crippen LogP) is 2.80. The van der Waals surface area contributed by atoms with E-state index in [1.54, 1.807) is 25.1 Å². The van der Waals surface area contributed by atoms with Crippen LogP contribution in [-0.4, -0.2) is 17.6 Å². The van der Waals surface area contributed by atoms with Crippen LogP contribution in [0.4, 0.5) is 5.69 Å². The second-order valence-corrected chi connectivity index (χ2v) is 5.12. The van der Waals surface area contributed by atoms with Crippen LogP contribution >= 0.6 is 0 Å². The standard InChI is InChI=1S/C14H20N2O3/c1-10-5-4-8-13(14(10)16(17)18)19-12-7-3-2-6-11(12)9-15/h4-5,8,11-12H,2-3,6-7,9,15H2,1H3. The molecule has 1 saturated carbocycles. The summed E-state index contributed by atoms with van der Waals surface area (Å²) in [6.45, 7) is 2.30. The fraction of sp³-hybridized carbons (Fsp3) is 0.571. The lowest BCUT2D eigenvalue weighted by molar-refractivity contribution is -0.386. The van der Waals surface area contributed by atoms with E-state index in [1.165, 1.54) is 0 Å². The number of nitro groups is 1. The molecule has 1 aromatic rings. The lowest BCUT2D eigenvalue weighted by atomic mass is 9.86. The Balaban J connectivity index is 2.22. The summed E-state index contributed by atoms with van der Waals surface area (Å²) in [4.78, 5) is 10.8. The zero-order valence-electron chi connectivity index (χ0n) is 11.2. The first-order chi connectivity index (χ1) is 9.13. The molecule has 1 aliphatic carbocycles. The number of ether oxygens (including phenoxy) is 1. The van der Waals surface area contributed by atoms with Crippen molar-refractivity contribution in [3.63, 3.8) is 0 Å². The van der Waals surface area contributed by atoms with Crippen molar-refractivity contribution < 1.29 is 9.66 Å². The van der Waals surface area contributed by atoms with Crippen molar-refractivity contribution in [2.24, 2.45) is 11.7 Å². The minimum Gasteiger partial charge on any atom is -0.483 e. The van der Waals surface area contributed by atoms with E-state index in [4.69, 9.17) is 10.5 Å². The number of para-hydroxylation sites is 1. The van der Waals surface area contributed by atoms with Gasteiger partial charge in [0.1, 0.15) is 6.10 Å². The highest BCUT2D eigenvalue weighted by Gasteiger charge is 2.28. The Kier molecular flexibility index (Phi) is 4.37. The number of nitrogens with zero attached hydrogens (tertiary/aromatic N) is 1. The first-order valence-electron chi connectivity index (χ1n) is 6.74. The molecule has 0 heterocycles. The van der Waals surface area contributed by atoms with Gasteiger partial charge in [-0.15, -0.1) is 0 Å². The molecule has 1 fully saturated rings. The van der Waals surface area contributed by atoms with Crippen molar-refractivity contribution in [2.75, 3.05) is 6.54 Å². The van der Waals surface area contributed by atoms with Gasteiger partial charge in [-0.1, -0.05) is 18.6 Å². The minimum absolute atomic E-state index is 0.000694. The van der Waals surface area contributed by atoms with E-state index in [1.807, 2.05) is 0 Å². The van der Waals surface area contributed by atoms with Crippen LogP contribution in [0.3, 0.4) is 0 Å². The third kappa shape index (κ3) is 3.04. The number of benzene rings is 1. The molecular formula is C14H20N2O3. The van der Waals surface area contributed by atoms with E-state index in [2.05, 4.69) is 0 Å². The van der Waals surface area contributed by atoms with Gasteiger partial charge in [0.05, 0.1) is 4.92 Å². The van der Waals surface area contributed by atoms with E-state index in [9.17, 15) is 10.1 Å². The van der Waals surface area contributed by atoms with Gasteiger partial charge in [-0.05, 0) is 38.8 Å². The summed E-state index contributed by atoms with van der Waals surface area (Å²) in [6.07, 6.45) is 4.23. The topological polar surface area (TPSA) is 78.4 Å². The normalized spacial score (nSPS) is 23.1. The molecule has 2 unspecified atom stereocenters. The number of hydrogen-bond acceptors (Lipinski definition) is 4. The van der Waals surface area contributed by atoms with Gasteiger partial charge in [-0.3, -0.25) is 10.1 Å². The number of aryl methyl sites for hydroxylation is 1. The molecule has 1 aliphatic rings. The van der Waals surface area contributed by atoms with Crippen molar-refractivity contribution >= 4 is 5.69 Å². The maximum absolute atomic E-state index is 11.1. The molecule has 2 rings (SSSR count). The molecule has 0 aromatic heterocycles. The summed E-state index contributed by atoms with van der Waals surface area (Å²) >= 11 is 0. The summed E-state index contributed by atoms with van der Waals surface area (Å²) in [6, 6.07) is 5.19. The molecule has 2 N–H and O–H groups in total. The average Bonchev–Trinajstić information content (AvgIpc) is 2.39. The van der Waals surface area contributed by atoms with Gasteiger partial charge in [0.15, 0.2) is 5.75 Å². The van der Waals surface area contributed by atoms with E-state index < -0.39 is 0 Å². The van der Waals surface area contributed by atoms with Gasteiger partial charge in [0.25, 0.3) is 0 Å². The van der Waals surface area contributed by atoms with E-state index >= 15 is 0 Å². The fourth-order valence-electron chi connectivity index (χ4n) is 2.72. The second-order valence-electron chi connectivity index (χ2n) is 5.12. The Morgan fingerprint density at radius 3 is 2.84 bits per heavy atom. The summed E-state index contributed by atoms with van der Waals surface area (Å²) in [5.74, 6) is 0.671. The lowest BCUT2D eigenvalue weighted by Crippen LogP contribution is -2.35. The molecule has 104 valence electrons. The van der Waals surface area contributed by atoms with Crippen molar-refractivity contribution in [2.45, 2.75) is 38.7 Å². The first kappa shape index (κ1) is 13.8. The van der Waals surface area contributed by atoms with Gasteiger partial charge in [-0.25, -0.2) is 0 Å². The van der Waals surface area contributed by atoms with E-state index in [0.717, 1.165) is 25.7 Å². The van der Waals surface area contributed by atoms with Crippen LogP contribution in [0.25, 0.3) is 0 Å². The molecule has 1 aromatic carbocycles. The Bertz CT molecular complexity index is 462. The Hall–Kier alpha value is -1.62. The Morgan fingerprint density at radius 1 is 1.42 bits per heavy atom.